The molecule has 0 aliphatic rings. The van der Waals surface area contributed by atoms with Gasteiger partial charge in [0.25, 0.3) is 0 Å². The van der Waals surface area contributed by atoms with E-state index in [9.17, 15) is 0 Å². The van der Waals surface area contributed by atoms with Gasteiger partial charge >= 0.3 is 0 Å². The molecule has 0 saturated heterocycles. The Morgan fingerprint density at radius 1 is 1.18 bits per heavy atom. The molecule has 0 bridgehead atoms. The van der Waals surface area contributed by atoms with Crippen molar-refractivity contribution in [2.24, 2.45) is 11.5 Å². The zero-order valence-corrected chi connectivity index (χ0v) is 7.27. The predicted molar refractivity (Wildman–Crippen MR) is 48.4 cm³/mol. The second-order valence-electron chi connectivity index (χ2n) is 2.63. The first-order chi connectivity index (χ1) is 5.31. The topological polar surface area (TPSA) is 76.1 Å². The molecule has 6 N–H and O–H groups in total. The minimum absolute atomic E-state index is 0.412. The van der Waals surface area contributed by atoms with Crippen molar-refractivity contribution < 1.29 is 0 Å². The van der Waals surface area contributed by atoms with Gasteiger partial charge in [0.05, 0.1) is 0 Å². The molecule has 0 fully saturated rings. The lowest BCUT2D eigenvalue weighted by molar-refractivity contribution is 0.536. The largest absolute Gasteiger partial charge is 0.329 e. The zero-order valence-electron chi connectivity index (χ0n) is 7.27. The van der Waals surface area contributed by atoms with Gasteiger partial charge in [0.2, 0.25) is 0 Å². The summed E-state index contributed by atoms with van der Waals surface area (Å²) in [5.74, 6) is 0. The second kappa shape index (κ2) is 7.94. The van der Waals surface area contributed by atoms with Gasteiger partial charge in [0, 0.05) is 38.8 Å². The monoisotopic (exact) mass is 160 g/mol. The lowest BCUT2D eigenvalue weighted by atomic mass is 10.3. The average Bonchev–Trinajstić information content (AvgIpc) is 2.04. The molecule has 4 heteroatoms. The molecular formula is C7H20N4. The number of nitrogens with two attached hydrogens (primary N) is 2. The van der Waals surface area contributed by atoms with E-state index in [-0.39, 0.29) is 0 Å². The van der Waals surface area contributed by atoms with Crippen LogP contribution in [0.15, 0.2) is 0 Å². The van der Waals surface area contributed by atoms with Crippen molar-refractivity contribution >= 4 is 0 Å². The van der Waals surface area contributed by atoms with Crippen LogP contribution in [0.2, 0.25) is 0 Å². The molecule has 1 atom stereocenters. The Hall–Kier alpha value is -0.160. The number of rotatable bonds is 7. The molecule has 0 saturated carbocycles. The molecule has 0 spiro atoms. The zero-order chi connectivity index (χ0) is 8.53. The van der Waals surface area contributed by atoms with Crippen LogP contribution in [-0.4, -0.2) is 38.8 Å². The van der Waals surface area contributed by atoms with Crippen LogP contribution in [0.3, 0.4) is 0 Å². The van der Waals surface area contributed by atoms with E-state index in [2.05, 4.69) is 17.6 Å². The Morgan fingerprint density at radius 2 is 1.91 bits per heavy atom. The fraction of sp³-hybridized carbons (Fsp3) is 1.00. The summed E-state index contributed by atoms with van der Waals surface area (Å²) in [4.78, 5) is 0. The molecule has 68 valence electrons. The molecule has 0 amide bonds. The van der Waals surface area contributed by atoms with Crippen LogP contribution in [0.1, 0.15) is 6.92 Å². The highest BCUT2D eigenvalue weighted by atomic mass is 15.0. The molecule has 0 aliphatic carbocycles. The van der Waals surface area contributed by atoms with E-state index >= 15 is 0 Å². The third-order valence-electron chi connectivity index (χ3n) is 1.47. The van der Waals surface area contributed by atoms with Gasteiger partial charge in [-0.25, -0.2) is 0 Å². The van der Waals surface area contributed by atoms with Crippen molar-refractivity contribution in [2.45, 2.75) is 13.0 Å². The molecule has 4 nitrogen and oxygen atoms in total. The Balaban J connectivity index is 2.89. The minimum atomic E-state index is 0.412. The highest BCUT2D eigenvalue weighted by Crippen LogP contribution is 1.72. The molecule has 0 radical (unpaired) electrons. The van der Waals surface area contributed by atoms with Crippen LogP contribution in [0.5, 0.6) is 0 Å². The third kappa shape index (κ3) is 7.74. The van der Waals surface area contributed by atoms with Crippen molar-refractivity contribution in [3.63, 3.8) is 0 Å². The average molecular weight is 160 g/mol. The van der Waals surface area contributed by atoms with E-state index in [1.54, 1.807) is 0 Å². The Kier molecular flexibility index (Phi) is 7.83. The first kappa shape index (κ1) is 10.8. The maximum absolute atomic E-state index is 5.41. The molecule has 11 heavy (non-hydrogen) atoms. The van der Waals surface area contributed by atoms with E-state index in [0.29, 0.717) is 19.1 Å². The molecule has 1 unspecified atom stereocenters. The van der Waals surface area contributed by atoms with Crippen LogP contribution in [-0.2, 0) is 0 Å². The van der Waals surface area contributed by atoms with Crippen molar-refractivity contribution in [3.05, 3.63) is 0 Å². The molecule has 0 aliphatic heterocycles. The summed E-state index contributed by atoms with van der Waals surface area (Å²) in [7, 11) is 0. The summed E-state index contributed by atoms with van der Waals surface area (Å²) < 4.78 is 0. The number of hydrogen-bond acceptors (Lipinski definition) is 4. The first-order valence-corrected chi connectivity index (χ1v) is 4.15. The molecule has 0 heterocycles. The quantitative estimate of drug-likeness (QED) is 0.341. The van der Waals surface area contributed by atoms with Crippen LogP contribution in [0.4, 0.5) is 0 Å². The van der Waals surface area contributed by atoms with Gasteiger partial charge in [-0.05, 0) is 6.92 Å². The Morgan fingerprint density at radius 3 is 2.45 bits per heavy atom. The SMILES string of the molecule is CC(CN)NCCNCCN. The smallest absolute Gasteiger partial charge is 0.0162 e. The van der Waals surface area contributed by atoms with E-state index in [1.807, 2.05) is 0 Å². The van der Waals surface area contributed by atoms with Gasteiger partial charge in [-0.15, -0.1) is 0 Å². The molecule has 0 aromatic heterocycles. The van der Waals surface area contributed by atoms with Crippen molar-refractivity contribution in [1.29, 1.82) is 0 Å². The van der Waals surface area contributed by atoms with E-state index < -0.39 is 0 Å². The minimum Gasteiger partial charge on any atom is -0.329 e. The highest BCUT2D eigenvalue weighted by molar-refractivity contribution is 4.61. The van der Waals surface area contributed by atoms with E-state index in [0.717, 1.165) is 19.6 Å². The van der Waals surface area contributed by atoms with Gasteiger partial charge in [-0.2, -0.15) is 0 Å². The maximum Gasteiger partial charge on any atom is 0.0162 e. The van der Waals surface area contributed by atoms with Gasteiger partial charge in [0.15, 0.2) is 0 Å². The molecule has 0 rings (SSSR count). The summed E-state index contributed by atoms with van der Waals surface area (Å²) >= 11 is 0. The van der Waals surface area contributed by atoms with Gasteiger partial charge < -0.3 is 22.1 Å². The summed E-state index contributed by atoms with van der Waals surface area (Å²) in [5, 5.41) is 6.45. The second-order valence-corrected chi connectivity index (χ2v) is 2.63. The molecular weight excluding hydrogens is 140 g/mol. The van der Waals surface area contributed by atoms with Crippen molar-refractivity contribution in [2.75, 3.05) is 32.7 Å². The summed E-state index contributed by atoms with van der Waals surface area (Å²) in [6, 6.07) is 0.412. The first-order valence-electron chi connectivity index (χ1n) is 4.15. The summed E-state index contributed by atoms with van der Waals surface area (Å²) in [6.07, 6.45) is 0. The lowest BCUT2D eigenvalue weighted by Crippen LogP contribution is -2.38. The predicted octanol–water partition coefficient (Wildman–Crippen LogP) is -1.53. The highest BCUT2D eigenvalue weighted by Gasteiger charge is 1.94. The standard InChI is InChI=1S/C7H20N4/c1-7(6-9)11-5-4-10-3-2-8/h7,10-11H,2-6,8-9H2,1H3. The maximum atomic E-state index is 5.41. The number of nitrogens with one attached hydrogen (secondary N) is 2. The normalized spacial score (nSPS) is 13.4. The molecule has 0 aromatic rings. The van der Waals surface area contributed by atoms with Gasteiger partial charge in [-0.1, -0.05) is 0 Å². The van der Waals surface area contributed by atoms with E-state index in [1.165, 1.54) is 0 Å². The Bertz CT molecular complexity index is 76.8. The van der Waals surface area contributed by atoms with Crippen molar-refractivity contribution in [1.82, 2.24) is 10.6 Å². The fourth-order valence-corrected chi connectivity index (χ4v) is 0.717. The Labute approximate surface area is 68.7 Å². The lowest BCUT2D eigenvalue weighted by Gasteiger charge is -2.10. The van der Waals surface area contributed by atoms with E-state index in [4.69, 9.17) is 11.5 Å². The van der Waals surface area contributed by atoms with Gasteiger partial charge in [-0.3, -0.25) is 0 Å². The van der Waals surface area contributed by atoms with Gasteiger partial charge in [0.1, 0.15) is 0 Å². The van der Waals surface area contributed by atoms with Crippen LogP contribution >= 0.6 is 0 Å². The van der Waals surface area contributed by atoms with Crippen LogP contribution < -0.4 is 22.1 Å². The van der Waals surface area contributed by atoms with Crippen molar-refractivity contribution in [3.8, 4) is 0 Å². The molecule has 0 aromatic carbocycles. The fourth-order valence-electron chi connectivity index (χ4n) is 0.717. The van der Waals surface area contributed by atoms with Crippen LogP contribution in [0, 0.1) is 0 Å². The third-order valence-corrected chi connectivity index (χ3v) is 1.47. The number of hydrogen-bond donors (Lipinski definition) is 4. The van der Waals surface area contributed by atoms with Crippen LogP contribution in [0.25, 0.3) is 0 Å². The summed E-state index contributed by atoms with van der Waals surface area (Å²) in [6.45, 7) is 6.27. The summed E-state index contributed by atoms with van der Waals surface area (Å²) in [5.41, 5.74) is 10.7.